The van der Waals surface area contributed by atoms with Crippen molar-refractivity contribution in [3.8, 4) is 0 Å². The van der Waals surface area contributed by atoms with E-state index in [-0.39, 0.29) is 0 Å². The van der Waals surface area contributed by atoms with Gasteiger partial charge in [-0.15, -0.1) is 0 Å². The van der Waals surface area contributed by atoms with Crippen LogP contribution in [0.1, 0.15) is 69.0 Å². The molecule has 1 saturated carbocycles. The SMILES string of the molecule is CCNC(c1cccc(C2CCC2)c1)C1(C)CCCS1. The predicted molar refractivity (Wildman–Crippen MR) is 89.5 cm³/mol. The van der Waals surface area contributed by atoms with Gasteiger partial charge in [0.25, 0.3) is 0 Å². The van der Waals surface area contributed by atoms with Crippen molar-refractivity contribution in [1.29, 1.82) is 0 Å². The van der Waals surface area contributed by atoms with Crippen LogP contribution in [-0.2, 0) is 0 Å². The van der Waals surface area contributed by atoms with Crippen LogP contribution in [0.4, 0.5) is 0 Å². The van der Waals surface area contributed by atoms with Gasteiger partial charge in [-0.1, -0.05) is 37.6 Å². The van der Waals surface area contributed by atoms with Crippen LogP contribution in [0, 0.1) is 0 Å². The zero-order valence-electron chi connectivity index (χ0n) is 12.8. The first kappa shape index (κ1) is 14.5. The Balaban J connectivity index is 1.86. The summed E-state index contributed by atoms with van der Waals surface area (Å²) in [5.74, 6) is 2.15. The highest BCUT2D eigenvalue weighted by Crippen LogP contribution is 2.47. The van der Waals surface area contributed by atoms with Crippen molar-refractivity contribution < 1.29 is 0 Å². The van der Waals surface area contributed by atoms with E-state index >= 15 is 0 Å². The average Bonchev–Trinajstić information content (AvgIpc) is 2.82. The largest absolute Gasteiger partial charge is 0.309 e. The summed E-state index contributed by atoms with van der Waals surface area (Å²) in [5, 5.41) is 3.76. The lowest BCUT2D eigenvalue weighted by atomic mass is 9.78. The predicted octanol–water partition coefficient (Wildman–Crippen LogP) is 4.89. The number of thioether (sulfide) groups is 1. The summed E-state index contributed by atoms with van der Waals surface area (Å²) in [4.78, 5) is 0. The highest BCUT2D eigenvalue weighted by Gasteiger charge is 2.38. The molecule has 0 radical (unpaired) electrons. The first-order valence-electron chi connectivity index (χ1n) is 8.20. The molecule has 1 saturated heterocycles. The smallest absolute Gasteiger partial charge is 0.0466 e. The van der Waals surface area contributed by atoms with E-state index in [0.29, 0.717) is 10.8 Å². The molecule has 2 atom stereocenters. The lowest BCUT2D eigenvalue weighted by Gasteiger charge is -2.35. The summed E-state index contributed by atoms with van der Waals surface area (Å²) in [6.07, 6.45) is 6.90. The van der Waals surface area contributed by atoms with Crippen molar-refractivity contribution in [2.24, 2.45) is 0 Å². The summed E-state index contributed by atoms with van der Waals surface area (Å²) in [5.41, 5.74) is 3.08. The molecule has 1 aromatic carbocycles. The van der Waals surface area contributed by atoms with Crippen molar-refractivity contribution in [2.45, 2.75) is 62.7 Å². The van der Waals surface area contributed by atoms with Crippen LogP contribution >= 0.6 is 11.8 Å². The van der Waals surface area contributed by atoms with Crippen LogP contribution in [0.2, 0.25) is 0 Å². The molecule has 1 aromatic rings. The molecule has 20 heavy (non-hydrogen) atoms. The Labute approximate surface area is 127 Å². The minimum absolute atomic E-state index is 0.369. The fourth-order valence-corrected chi connectivity index (χ4v) is 5.08. The minimum Gasteiger partial charge on any atom is -0.309 e. The van der Waals surface area contributed by atoms with E-state index in [1.165, 1.54) is 43.4 Å². The summed E-state index contributed by atoms with van der Waals surface area (Å²) < 4.78 is 0.369. The van der Waals surface area contributed by atoms with Gasteiger partial charge in [-0.3, -0.25) is 0 Å². The third kappa shape index (κ3) is 2.78. The molecule has 0 bridgehead atoms. The third-order valence-electron chi connectivity index (χ3n) is 5.09. The monoisotopic (exact) mass is 289 g/mol. The number of hydrogen-bond acceptors (Lipinski definition) is 2. The zero-order valence-corrected chi connectivity index (χ0v) is 13.6. The van der Waals surface area contributed by atoms with E-state index in [1.807, 2.05) is 0 Å². The van der Waals surface area contributed by atoms with Gasteiger partial charge < -0.3 is 5.32 Å². The molecule has 2 fully saturated rings. The molecule has 0 spiro atoms. The molecular weight excluding hydrogens is 262 g/mol. The Morgan fingerprint density at radius 3 is 2.80 bits per heavy atom. The highest BCUT2D eigenvalue weighted by molar-refractivity contribution is 8.00. The molecule has 1 N–H and O–H groups in total. The van der Waals surface area contributed by atoms with Crippen molar-refractivity contribution >= 4 is 11.8 Å². The van der Waals surface area contributed by atoms with Crippen molar-refractivity contribution in [1.82, 2.24) is 5.32 Å². The van der Waals surface area contributed by atoms with Crippen molar-refractivity contribution in [3.63, 3.8) is 0 Å². The van der Waals surface area contributed by atoms with Gasteiger partial charge in [0.15, 0.2) is 0 Å². The number of nitrogens with one attached hydrogen (secondary N) is 1. The van der Waals surface area contributed by atoms with Gasteiger partial charge in [0.2, 0.25) is 0 Å². The molecule has 1 heterocycles. The van der Waals surface area contributed by atoms with E-state index in [4.69, 9.17) is 0 Å². The number of hydrogen-bond donors (Lipinski definition) is 1. The van der Waals surface area contributed by atoms with E-state index < -0.39 is 0 Å². The standard InChI is InChI=1S/C18H27NS/c1-3-19-17(18(2)11-6-12-20-18)16-10-5-9-15(13-16)14-7-4-8-14/h5,9-10,13-14,17,19H,3-4,6-8,11-12H2,1-2H3. The van der Waals surface area contributed by atoms with E-state index in [0.717, 1.165) is 12.5 Å². The Morgan fingerprint density at radius 1 is 1.35 bits per heavy atom. The van der Waals surface area contributed by atoms with Gasteiger partial charge in [0.05, 0.1) is 0 Å². The molecule has 0 amide bonds. The van der Waals surface area contributed by atoms with E-state index in [2.05, 4.69) is 55.2 Å². The van der Waals surface area contributed by atoms with Gasteiger partial charge in [0, 0.05) is 10.8 Å². The van der Waals surface area contributed by atoms with Crippen molar-refractivity contribution in [3.05, 3.63) is 35.4 Å². The maximum absolute atomic E-state index is 3.76. The lowest BCUT2D eigenvalue weighted by molar-refractivity contribution is 0.410. The van der Waals surface area contributed by atoms with Gasteiger partial charge >= 0.3 is 0 Å². The Morgan fingerprint density at radius 2 is 2.20 bits per heavy atom. The molecule has 2 unspecified atom stereocenters. The molecule has 3 rings (SSSR count). The second-order valence-electron chi connectivity index (χ2n) is 6.55. The normalized spacial score (nSPS) is 28.3. The van der Waals surface area contributed by atoms with Gasteiger partial charge in [-0.2, -0.15) is 11.8 Å². The topological polar surface area (TPSA) is 12.0 Å². The quantitative estimate of drug-likeness (QED) is 0.828. The lowest BCUT2D eigenvalue weighted by Crippen LogP contribution is -2.37. The van der Waals surface area contributed by atoms with Crippen LogP contribution in [-0.4, -0.2) is 17.0 Å². The van der Waals surface area contributed by atoms with Crippen LogP contribution in [0.25, 0.3) is 0 Å². The molecule has 1 nitrogen and oxygen atoms in total. The van der Waals surface area contributed by atoms with E-state index in [1.54, 1.807) is 5.56 Å². The zero-order chi connectivity index (χ0) is 14.0. The summed E-state index contributed by atoms with van der Waals surface area (Å²) in [6.45, 7) is 5.73. The molecule has 2 heteroatoms. The average molecular weight is 289 g/mol. The van der Waals surface area contributed by atoms with Gasteiger partial charge in [-0.25, -0.2) is 0 Å². The van der Waals surface area contributed by atoms with Gasteiger partial charge in [0.1, 0.15) is 0 Å². The van der Waals surface area contributed by atoms with Crippen molar-refractivity contribution in [2.75, 3.05) is 12.3 Å². The fraction of sp³-hybridized carbons (Fsp3) is 0.667. The first-order chi connectivity index (χ1) is 9.73. The second kappa shape index (κ2) is 6.11. The molecule has 1 aliphatic heterocycles. The summed E-state index contributed by atoms with van der Waals surface area (Å²) in [7, 11) is 0. The second-order valence-corrected chi connectivity index (χ2v) is 8.18. The first-order valence-corrected chi connectivity index (χ1v) is 9.19. The Kier molecular flexibility index (Phi) is 4.42. The number of benzene rings is 1. The fourth-order valence-electron chi connectivity index (χ4n) is 3.65. The Hall–Kier alpha value is -0.470. The molecule has 0 aromatic heterocycles. The van der Waals surface area contributed by atoms with Crippen LogP contribution in [0.3, 0.4) is 0 Å². The van der Waals surface area contributed by atoms with Gasteiger partial charge in [-0.05, 0) is 61.9 Å². The van der Waals surface area contributed by atoms with E-state index in [9.17, 15) is 0 Å². The maximum Gasteiger partial charge on any atom is 0.0466 e. The van der Waals surface area contributed by atoms with Crippen LogP contribution in [0.15, 0.2) is 24.3 Å². The molecule has 110 valence electrons. The highest BCUT2D eigenvalue weighted by atomic mass is 32.2. The summed E-state index contributed by atoms with van der Waals surface area (Å²) in [6, 6.07) is 9.93. The molecule has 1 aliphatic carbocycles. The Bertz CT molecular complexity index is 446. The molecular formula is C18H27NS. The number of rotatable bonds is 5. The minimum atomic E-state index is 0.369. The maximum atomic E-state index is 3.76. The molecule has 2 aliphatic rings. The summed E-state index contributed by atoms with van der Waals surface area (Å²) >= 11 is 2.16. The van der Waals surface area contributed by atoms with Crippen LogP contribution < -0.4 is 5.32 Å². The van der Waals surface area contributed by atoms with Crippen LogP contribution in [0.5, 0.6) is 0 Å². The third-order valence-corrected chi connectivity index (χ3v) is 6.68.